The van der Waals surface area contributed by atoms with Gasteiger partial charge in [-0.25, -0.2) is 8.42 Å². The molecule has 0 aliphatic heterocycles. The molecule has 1 unspecified atom stereocenters. The Kier molecular flexibility index (Phi) is 7.12. The molecule has 21 heavy (non-hydrogen) atoms. The molecule has 118 valence electrons. The summed E-state index contributed by atoms with van der Waals surface area (Å²) in [7, 11) is -3.25. The maximum Gasteiger partial charge on any atom is 0.182 e. The van der Waals surface area contributed by atoms with Gasteiger partial charge in [0.1, 0.15) is 0 Å². The van der Waals surface area contributed by atoms with Crippen molar-refractivity contribution >= 4 is 9.84 Å². The van der Waals surface area contributed by atoms with Gasteiger partial charge in [-0.05, 0) is 56.7 Å². The Labute approximate surface area is 128 Å². The van der Waals surface area contributed by atoms with Crippen LogP contribution in [0, 0.1) is 12.8 Å². The van der Waals surface area contributed by atoms with Gasteiger partial charge in [0.2, 0.25) is 0 Å². The summed E-state index contributed by atoms with van der Waals surface area (Å²) in [6.07, 6.45) is 4.63. The number of benzene rings is 1. The molecule has 0 bridgehead atoms. The molecule has 0 spiro atoms. The Morgan fingerprint density at radius 1 is 1.33 bits per heavy atom. The van der Waals surface area contributed by atoms with E-state index in [0.717, 1.165) is 30.4 Å². The van der Waals surface area contributed by atoms with E-state index in [0.29, 0.717) is 10.8 Å². The minimum absolute atomic E-state index is 0.0742. The average Bonchev–Trinajstić information content (AvgIpc) is 2.38. The number of hydrogen-bond acceptors (Lipinski definition) is 3. The quantitative estimate of drug-likeness (QED) is 0.748. The van der Waals surface area contributed by atoms with E-state index >= 15 is 0 Å². The molecule has 1 aromatic carbocycles. The molecule has 1 atom stereocenters. The fourth-order valence-electron chi connectivity index (χ4n) is 2.23. The lowest BCUT2D eigenvalue weighted by Crippen LogP contribution is -2.08. The van der Waals surface area contributed by atoms with Crippen molar-refractivity contribution in [1.29, 1.82) is 0 Å². The molecule has 0 aliphatic carbocycles. The Morgan fingerprint density at radius 3 is 2.67 bits per heavy atom. The smallest absolute Gasteiger partial charge is 0.182 e. The maximum absolute atomic E-state index is 12.3. The van der Waals surface area contributed by atoms with E-state index in [1.54, 1.807) is 18.2 Å². The summed E-state index contributed by atoms with van der Waals surface area (Å²) in [6, 6.07) is 7.03. The number of sulfone groups is 1. The third kappa shape index (κ3) is 6.44. The first-order chi connectivity index (χ1) is 9.85. The van der Waals surface area contributed by atoms with Gasteiger partial charge in [-0.15, -0.1) is 0 Å². The third-order valence-corrected chi connectivity index (χ3v) is 5.35. The van der Waals surface area contributed by atoms with Crippen molar-refractivity contribution in [3.8, 4) is 0 Å². The molecule has 0 saturated heterocycles. The standard InChI is InChI=1S/C17H26O3S/c1-14(10-11-18)6-4-8-16(3)13-21(19,20)17-9-5-7-15(2)12-17/h5,7-9,12,14,18H,4,6,10-11,13H2,1-3H3. The van der Waals surface area contributed by atoms with E-state index in [1.807, 2.05) is 26.0 Å². The fourth-order valence-corrected chi connectivity index (χ4v) is 3.77. The number of rotatable bonds is 8. The van der Waals surface area contributed by atoms with Crippen LogP contribution in [0.2, 0.25) is 0 Å². The van der Waals surface area contributed by atoms with Crippen molar-refractivity contribution in [2.24, 2.45) is 5.92 Å². The Bertz CT molecular complexity index is 573. The van der Waals surface area contributed by atoms with Crippen molar-refractivity contribution in [3.05, 3.63) is 41.5 Å². The van der Waals surface area contributed by atoms with Crippen molar-refractivity contribution in [2.75, 3.05) is 12.4 Å². The monoisotopic (exact) mass is 310 g/mol. The Morgan fingerprint density at radius 2 is 2.05 bits per heavy atom. The maximum atomic E-state index is 12.3. The van der Waals surface area contributed by atoms with E-state index in [2.05, 4.69) is 6.92 Å². The van der Waals surface area contributed by atoms with Crippen LogP contribution in [0.5, 0.6) is 0 Å². The third-order valence-electron chi connectivity index (χ3n) is 3.54. The van der Waals surface area contributed by atoms with Crippen molar-refractivity contribution in [1.82, 2.24) is 0 Å². The summed E-state index contributed by atoms with van der Waals surface area (Å²) in [5, 5.41) is 8.85. The van der Waals surface area contributed by atoms with Crippen LogP contribution < -0.4 is 0 Å². The fraction of sp³-hybridized carbons (Fsp3) is 0.529. The molecular weight excluding hydrogens is 284 g/mol. The number of aliphatic hydroxyl groups is 1. The SMILES string of the molecule is CC(=CCCC(C)CCO)CS(=O)(=O)c1cccc(C)c1. The average molecular weight is 310 g/mol. The predicted octanol–water partition coefficient (Wildman–Crippen LogP) is 3.51. The van der Waals surface area contributed by atoms with Crippen LogP contribution in [0.4, 0.5) is 0 Å². The van der Waals surface area contributed by atoms with E-state index in [1.165, 1.54) is 0 Å². The second kappa shape index (κ2) is 8.35. The lowest BCUT2D eigenvalue weighted by molar-refractivity contribution is 0.259. The van der Waals surface area contributed by atoms with Gasteiger partial charge in [0, 0.05) is 6.61 Å². The van der Waals surface area contributed by atoms with Gasteiger partial charge in [0.15, 0.2) is 9.84 Å². The molecule has 4 heteroatoms. The molecule has 0 radical (unpaired) electrons. The normalized spacial score (nSPS) is 14.2. The van der Waals surface area contributed by atoms with Crippen molar-refractivity contribution < 1.29 is 13.5 Å². The van der Waals surface area contributed by atoms with Gasteiger partial charge in [0.05, 0.1) is 10.6 Å². The molecular formula is C17H26O3S. The Balaban J connectivity index is 2.62. The minimum atomic E-state index is -3.25. The van der Waals surface area contributed by atoms with Crippen molar-refractivity contribution in [3.63, 3.8) is 0 Å². The first kappa shape index (κ1) is 17.9. The number of aliphatic hydroxyl groups excluding tert-OH is 1. The van der Waals surface area contributed by atoms with Crippen LogP contribution in [-0.2, 0) is 9.84 Å². The Hall–Kier alpha value is -1.13. The molecule has 3 nitrogen and oxygen atoms in total. The molecule has 0 fully saturated rings. The van der Waals surface area contributed by atoms with E-state index in [4.69, 9.17) is 5.11 Å². The van der Waals surface area contributed by atoms with E-state index in [9.17, 15) is 8.42 Å². The zero-order valence-electron chi connectivity index (χ0n) is 13.2. The summed E-state index contributed by atoms with van der Waals surface area (Å²) >= 11 is 0. The van der Waals surface area contributed by atoms with E-state index < -0.39 is 9.84 Å². The van der Waals surface area contributed by atoms with Gasteiger partial charge in [0.25, 0.3) is 0 Å². The van der Waals surface area contributed by atoms with Crippen LogP contribution in [-0.4, -0.2) is 25.9 Å². The molecule has 0 amide bonds. The summed E-state index contributed by atoms with van der Waals surface area (Å²) in [6.45, 7) is 6.07. The number of aryl methyl sites for hydroxylation is 1. The second-order valence-electron chi connectivity index (χ2n) is 5.82. The van der Waals surface area contributed by atoms with Crippen LogP contribution >= 0.6 is 0 Å². The van der Waals surface area contributed by atoms with Crippen LogP contribution in [0.15, 0.2) is 40.8 Å². The van der Waals surface area contributed by atoms with Gasteiger partial charge in [-0.3, -0.25) is 0 Å². The highest BCUT2D eigenvalue weighted by Crippen LogP contribution is 2.17. The van der Waals surface area contributed by atoms with Gasteiger partial charge < -0.3 is 5.11 Å². The first-order valence-corrected chi connectivity index (χ1v) is 9.06. The first-order valence-electron chi connectivity index (χ1n) is 7.41. The molecule has 0 saturated carbocycles. The lowest BCUT2D eigenvalue weighted by atomic mass is 10.0. The van der Waals surface area contributed by atoms with Crippen molar-refractivity contribution in [2.45, 2.75) is 44.9 Å². The second-order valence-corrected chi connectivity index (χ2v) is 7.81. The summed E-state index contributed by atoms with van der Waals surface area (Å²) < 4.78 is 24.6. The molecule has 1 aromatic rings. The topological polar surface area (TPSA) is 54.4 Å². The van der Waals surface area contributed by atoms with Crippen LogP contribution in [0.1, 0.15) is 38.7 Å². The summed E-state index contributed by atoms with van der Waals surface area (Å²) in [5.41, 5.74) is 1.84. The molecule has 1 rings (SSSR count). The lowest BCUT2D eigenvalue weighted by Gasteiger charge is -2.08. The highest BCUT2D eigenvalue weighted by atomic mass is 32.2. The van der Waals surface area contributed by atoms with E-state index in [-0.39, 0.29) is 12.4 Å². The highest BCUT2D eigenvalue weighted by molar-refractivity contribution is 7.91. The van der Waals surface area contributed by atoms with Gasteiger partial charge >= 0.3 is 0 Å². The molecule has 0 aromatic heterocycles. The molecule has 0 aliphatic rings. The number of hydrogen-bond donors (Lipinski definition) is 1. The zero-order valence-corrected chi connectivity index (χ0v) is 14.0. The van der Waals surface area contributed by atoms with Crippen LogP contribution in [0.3, 0.4) is 0 Å². The molecule has 1 N–H and O–H groups in total. The zero-order chi connectivity index (χ0) is 15.9. The predicted molar refractivity (Wildman–Crippen MR) is 87.1 cm³/mol. The van der Waals surface area contributed by atoms with Gasteiger partial charge in [-0.2, -0.15) is 0 Å². The largest absolute Gasteiger partial charge is 0.396 e. The highest BCUT2D eigenvalue weighted by Gasteiger charge is 2.14. The summed E-state index contributed by atoms with van der Waals surface area (Å²) in [5.74, 6) is 0.539. The van der Waals surface area contributed by atoms with Gasteiger partial charge in [-0.1, -0.05) is 30.7 Å². The number of allylic oxidation sites excluding steroid dienone is 1. The molecule has 0 heterocycles. The van der Waals surface area contributed by atoms with Crippen LogP contribution in [0.25, 0.3) is 0 Å². The summed E-state index contributed by atoms with van der Waals surface area (Å²) in [4.78, 5) is 0.392. The minimum Gasteiger partial charge on any atom is -0.396 e.